The van der Waals surface area contributed by atoms with Crippen molar-refractivity contribution in [2.45, 2.75) is 17.0 Å². The first-order valence-electron chi connectivity index (χ1n) is 5.68. The number of ether oxygens (including phenoxy) is 1. The normalized spacial score (nSPS) is 23.2. The summed E-state index contributed by atoms with van der Waals surface area (Å²) in [4.78, 5) is 25.2. The molecule has 4 nitrogen and oxygen atoms in total. The summed E-state index contributed by atoms with van der Waals surface area (Å²) in [6, 6.07) is 9.77. The molecule has 1 heterocycles. The number of alkyl halides is 1. The Kier molecular flexibility index (Phi) is 4.21. The van der Waals surface area contributed by atoms with Crippen molar-refractivity contribution in [2.24, 2.45) is 5.92 Å². The van der Waals surface area contributed by atoms with E-state index in [-0.39, 0.29) is 28.3 Å². The van der Waals surface area contributed by atoms with Crippen LogP contribution in [0.4, 0.5) is 0 Å². The standard InChI is InChI=1S/C13H14INO3/c1-18-13(17)10-7-11(16)15(12(10)14)8-9-5-3-2-4-6-9/h2-6,10,12H,7-8H2,1H3. The first-order valence-corrected chi connectivity index (χ1v) is 6.93. The molecule has 1 aliphatic heterocycles. The lowest BCUT2D eigenvalue weighted by molar-refractivity contribution is -0.145. The Morgan fingerprint density at radius 3 is 2.72 bits per heavy atom. The van der Waals surface area contributed by atoms with E-state index in [0.29, 0.717) is 6.54 Å². The van der Waals surface area contributed by atoms with Gasteiger partial charge in [0.1, 0.15) is 0 Å². The predicted molar refractivity (Wildman–Crippen MR) is 74.9 cm³/mol. The quantitative estimate of drug-likeness (QED) is 0.359. The molecular formula is C13H14INO3. The lowest BCUT2D eigenvalue weighted by Gasteiger charge is -2.22. The van der Waals surface area contributed by atoms with Crippen molar-refractivity contribution in [1.82, 2.24) is 4.90 Å². The number of likely N-dealkylation sites (tertiary alicyclic amines) is 1. The molecule has 1 aliphatic rings. The molecule has 2 rings (SSSR count). The third-order valence-corrected chi connectivity index (χ3v) is 4.58. The molecule has 5 heteroatoms. The van der Waals surface area contributed by atoms with Crippen molar-refractivity contribution in [3.63, 3.8) is 0 Å². The molecule has 0 radical (unpaired) electrons. The van der Waals surface area contributed by atoms with Crippen LogP contribution < -0.4 is 0 Å². The lowest BCUT2D eigenvalue weighted by atomic mass is 10.1. The fourth-order valence-corrected chi connectivity index (χ4v) is 3.12. The molecule has 96 valence electrons. The van der Waals surface area contributed by atoms with Gasteiger partial charge in [0, 0.05) is 13.0 Å². The second-order valence-corrected chi connectivity index (χ2v) is 5.49. The van der Waals surface area contributed by atoms with Gasteiger partial charge in [0.05, 0.1) is 17.1 Å². The molecule has 1 saturated heterocycles. The summed E-state index contributed by atoms with van der Waals surface area (Å²) in [6.45, 7) is 0.542. The monoisotopic (exact) mass is 359 g/mol. The largest absolute Gasteiger partial charge is 0.469 e. The van der Waals surface area contributed by atoms with Gasteiger partial charge in [-0.25, -0.2) is 0 Å². The number of esters is 1. The van der Waals surface area contributed by atoms with Gasteiger partial charge < -0.3 is 9.64 Å². The van der Waals surface area contributed by atoms with Crippen molar-refractivity contribution in [1.29, 1.82) is 0 Å². The van der Waals surface area contributed by atoms with Crippen LogP contribution in [0.2, 0.25) is 0 Å². The fourth-order valence-electron chi connectivity index (χ4n) is 2.06. The number of carbonyl (C=O) groups is 2. The number of halogens is 1. The van der Waals surface area contributed by atoms with E-state index in [1.807, 2.05) is 30.3 Å². The average Bonchev–Trinajstić information content (AvgIpc) is 2.67. The minimum Gasteiger partial charge on any atom is -0.469 e. The number of nitrogens with zero attached hydrogens (tertiary/aromatic N) is 1. The van der Waals surface area contributed by atoms with Gasteiger partial charge >= 0.3 is 5.97 Å². The van der Waals surface area contributed by atoms with E-state index < -0.39 is 0 Å². The lowest BCUT2D eigenvalue weighted by Crippen LogP contribution is -2.32. The summed E-state index contributed by atoms with van der Waals surface area (Å²) in [5.41, 5.74) is 1.07. The van der Waals surface area contributed by atoms with Crippen LogP contribution in [0, 0.1) is 5.92 Å². The minimum atomic E-state index is -0.355. The maximum atomic E-state index is 11.9. The van der Waals surface area contributed by atoms with E-state index in [0.717, 1.165) is 5.56 Å². The van der Waals surface area contributed by atoms with Gasteiger partial charge in [-0.3, -0.25) is 9.59 Å². The summed E-state index contributed by atoms with van der Waals surface area (Å²) >= 11 is 2.14. The third-order valence-electron chi connectivity index (χ3n) is 3.04. The Morgan fingerprint density at radius 1 is 1.44 bits per heavy atom. The van der Waals surface area contributed by atoms with Crippen LogP contribution in [-0.2, 0) is 20.9 Å². The maximum Gasteiger partial charge on any atom is 0.312 e. The SMILES string of the molecule is COC(=O)C1CC(=O)N(Cc2ccccc2)C1I. The van der Waals surface area contributed by atoms with Gasteiger partial charge in [0.25, 0.3) is 0 Å². The molecule has 0 aromatic heterocycles. The summed E-state index contributed by atoms with van der Waals surface area (Å²) in [5.74, 6) is -0.654. The molecule has 1 fully saturated rings. The Morgan fingerprint density at radius 2 is 2.11 bits per heavy atom. The Balaban J connectivity index is 2.10. The van der Waals surface area contributed by atoms with Crippen molar-refractivity contribution < 1.29 is 14.3 Å². The molecule has 0 N–H and O–H groups in total. The summed E-state index contributed by atoms with van der Waals surface area (Å²) in [5, 5.41) is 0. The van der Waals surface area contributed by atoms with Gasteiger partial charge in [0.15, 0.2) is 0 Å². The summed E-state index contributed by atoms with van der Waals surface area (Å²) < 4.78 is 4.59. The number of benzene rings is 1. The number of hydrogen-bond acceptors (Lipinski definition) is 3. The second kappa shape index (κ2) is 5.69. The first-order chi connectivity index (χ1) is 8.63. The Bertz CT molecular complexity index is 449. The molecule has 1 aromatic carbocycles. The summed E-state index contributed by atoms with van der Waals surface area (Å²) in [7, 11) is 1.36. The third kappa shape index (κ3) is 2.66. The van der Waals surface area contributed by atoms with Gasteiger partial charge in [-0.05, 0) is 5.56 Å². The van der Waals surface area contributed by atoms with E-state index in [4.69, 9.17) is 4.74 Å². The van der Waals surface area contributed by atoms with E-state index in [1.54, 1.807) is 4.90 Å². The van der Waals surface area contributed by atoms with Crippen LogP contribution in [0.1, 0.15) is 12.0 Å². The highest BCUT2D eigenvalue weighted by atomic mass is 127. The molecule has 18 heavy (non-hydrogen) atoms. The molecule has 0 spiro atoms. The smallest absolute Gasteiger partial charge is 0.312 e. The number of rotatable bonds is 3. The number of amides is 1. The molecule has 2 atom stereocenters. The molecule has 1 amide bonds. The zero-order valence-electron chi connectivity index (χ0n) is 10.0. The number of methoxy groups -OCH3 is 1. The van der Waals surface area contributed by atoms with Gasteiger partial charge in [0.2, 0.25) is 5.91 Å². The molecule has 0 saturated carbocycles. The predicted octanol–water partition coefficient (Wildman–Crippen LogP) is 1.97. The van der Waals surface area contributed by atoms with Crippen LogP contribution in [-0.4, -0.2) is 27.9 Å². The van der Waals surface area contributed by atoms with Crippen molar-refractivity contribution in [3.05, 3.63) is 35.9 Å². The number of hydrogen-bond donors (Lipinski definition) is 0. The minimum absolute atomic E-state index is 0.00801. The topological polar surface area (TPSA) is 46.6 Å². The van der Waals surface area contributed by atoms with E-state index >= 15 is 0 Å². The van der Waals surface area contributed by atoms with Crippen molar-refractivity contribution in [3.8, 4) is 0 Å². The van der Waals surface area contributed by atoms with Crippen LogP contribution in [0.3, 0.4) is 0 Å². The highest BCUT2D eigenvalue weighted by Crippen LogP contribution is 2.32. The summed E-state index contributed by atoms with van der Waals surface area (Å²) in [6.07, 6.45) is 0.243. The molecular weight excluding hydrogens is 345 g/mol. The Labute approximate surface area is 119 Å². The van der Waals surface area contributed by atoms with Crippen LogP contribution in [0.15, 0.2) is 30.3 Å². The van der Waals surface area contributed by atoms with Crippen molar-refractivity contribution >= 4 is 34.5 Å². The van der Waals surface area contributed by atoms with Crippen LogP contribution in [0.25, 0.3) is 0 Å². The van der Waals surface area contributed by atoms with Gasteiger partial charge in [-0.1, -0.05) is 52.9 Å². The highest BCUT2D eigenvalue weighted by molar-refractivity contribution is 14.1. The molecule has 1 aromatic rings. The highest BCUT2D eigenvalue weighted by Gasteiger charge is 2.42. The van der Waals surface area contributed by atoms with E-state index in [9.17, 15) is 9.59 Å². The van der Waals surface area contributed by atoms with E-state index in [2.05, 4.69) is 22.6 Å². The van der Waals surface area contributed by atoms with Crippen molar-refractivity contribution in [2.75, 3.05) is 7.11 Å². The number of carbonyl (C=O) groups excluding carboxylic acids is 2. The van der Waals surface area contributed by atoms with Gasteiger partial charge in [-0.2, -0.15) is 0 Å². The molecule has 0 bridgehead atoms. The zero-order valence-corrected chi connectivity index (χ0v) is 12.2. The second-order valence-electron chi connectivity index (χ2n) is 4.21. The maximum absolute atomic E-state index is 11.9. The van der Waals surface area contributed by atoms with Gasteiger partial charge in [-0.15, -0.1) is 0 Å². The first kappa shape index (κ1) is 13.3. The molecule has 2 unspecified atom stereocenters. The zero-order chi connectivity index (χ0) is 13.1. The van der Waals surface area contributed by atoms with E-state index in [1.165, 1.54) is 7.11 Å². The molecule has 0 aliphatic carbocycles. The average molecular weight is 359 g/mol. The van der Waals surface area contributed by atoms with Crippen LogP contribution >= 0.6 is 22.6 Å². The fraction of sp³-hybridized carbons (Fsp3) is 0.385. The van der Waals surface area contributed by atoms with Crippen LogP contribution in [0.5, 0.6) is 0 Å². The Hall–Kier alpha value is -1.11.